The summed E-state index contributed by atoms with van der Waals surface area (Å²) in [5, 5.41) is 7.18. The summed E-state index contributed by atoms with van der Waals surface area (Å²) >= 11 is 0. The number of carbonyl (C=O) groups is 2. The van der Waals surface area contributed by atoms with Crippen molar-refractivity contribution < 1.29 is 22.8 Å². The van der Waals surface area contributed by atoms with Gasteiger partial charge in [0.25, 0.3) is 5.91 Å². The maximum absolute atomic E-state index is 13.7. The SMILES string of the molecule is O=C(NC1CCN(CCCCC2(C(=O)NCC(F)(F)F)c3ccccc3-c3ccccc32)CC1)c1nccc2ccccc12. The number of piperidine rings is 1. The minimum Gasteiger partial charge on any atom is -0.348 e. The normalized spacial score (nSPS) is 16.3. The topological polar surface area (TPSA) is 74.3 Å². The van der Waals surface area contributed by atoms with Crippen LogP contribution < -0.4 is 10.6 Å². The maximum Gasteiger partial charge on any atom is 0.405 e. The number of nitrogens with one attached hydrogen (secondary N) is 2. The Kier molecular flexibility index (Phi) is 8.40. The molecule has 0 unspecified atom stereocenters. The molecule has 1 aromatic heterocycles. The van der Waals surface area contributed by atoms with Crippen LogP contribution in [0.5, 0.6) is 0 Å². The molecule has 2 heterocycles. The third-order valence-electron chi connectivity index (χ3n) is 8.99. The van der Waals surface area contributed by atoms with Gasteiger partial charge in [0.1, 0.15) is 17.7 Å². The van der Waals surface area contributed by atoms with Crippen molar-refractivity contribution in [2.75, 3.05) is 26.2 Å². The Morgan fingerprint density at radius 3 is 2.18 bits per heavy atom. The highest BCUT2D eigenvalue weighted by Gasteiger charge is 2.49. The second kappa shape index (κ2) is 12.4. The van der Waals surface area contributed by atoms with Gasteiger partial charge in [-0.2, -0.15) is 13.2 Å². The Hall–Kier alpha value is -4.24. The lowest BCUT2D eigenvalue weighted by Crippen LogP contribution is -2.47. The summed E-state index contributed by atoms with van der Waals surface area (Å²) in [5.74, 6) is -0.768. The highest BCUT2D eigenvalue weighted by molar-refractivity contribution is 6.05. The number of likely N-dealkylation sites (tertiary alicyclic amines) is 1. The van der Waals surface area contributed by atoms with E-state index >= 15 is 0 Å². The van der Waals surface area contributed by atoms with Crippen molar-refractivity contribution in [3.05, 3.63) is 102 Å². The third kappa shape index (κ3) is 5.93. The molecule has 44 heavy (non-hydrogen) atoms. The largest absolute Gasteiger partial charge is 0.405 e. The molecule has 2 aliphatic rings. The Bertz CT molecular complexity index is 1610. The summed E-state index contributed by atoms with van der Waals surface area (Å²) in [6.45, 7) is 1.11. The van der Waals surface area contributed by atoms with Gasteiger partial charge in [-0.15, -0.1) is 0 Å². The molecule has 1 fully saturated rings. The number of rotatable bonds is 9. The van der Waals surface area contributed by atoms with Crippen molar-refractivity contribution in [2.45, 2.75) is 49.7 Å². The number of unbranched alkanes of at least 4 members (excludes halogenated alkanes) is 1. The van der Waals surface area contributed by atoms with Gasteiger partial charge in [-0.3, -0.25) is 14.6 Å². The van der Waals surface area contributed by atoms with Crippen LogP contribution >= 0.6 is 0 Å². The van der Waals surface area contributed by atoms with E-state index in [0.29, 0.717) is 18.5 Å². The highest BCUT2D eigenvalue weighted by atomic mass is 19.4. The quantitative estimate of drug-likeness (QED) is 0.223. The summed E-state index contributed by atoms with van der Waals surface area (Å²) in [6, 6.07) is 24.8. The number of benzene rings is 3. The first-order chi connectivity index (χ1) is 21.3. The molecule has 4 aromatic rings. The minimum absolute atomic E-state index is 0.0617. The van der Waals surface area contributed by atoms with Gasteiger partial charge >= 0.3 is 6.18 Å². The van der Waals surface area contributed by atoms with Gasteiger partial charge in [0, 0.05) is 30.7 Å². The number of alkyl halides is 3. The molecule has 2 amide bonds. The molecular weight excluding hydrogens is 565 g/mol. The molecule has 3 aromatic carbocycles. The fourth-order valence-corrected chi connectivity index (χ4v) is 6.87. The average molecular weight is 601 g/mol. The first kappa shape index (κ1) is 29.8. The number of pyridine rings is 1. The van der Waals surface area contributed by atoms with Crippen molar-refractivity contribution in [2.24, 2.45) is 0 Å². The van der Waals surface area contributed by atoms with E-state index in [1.165, 1.54) is 0 Å². The predicted molar refractivity (Wildman–Crippen MR) is 164 cm³/mol. The molecule has 0 bridgehead atoms. The summed E-state index contributed by atoms with van der Waals surface area (Å²) in [4.78, 5) is 33.4. The van der Waals surface area contributed by atoms with Gasteiger partial charge in [0.15, 0.2) is 0 Å². The molecule has 9 heteroatoms. The van der Waals surface area contributed by atoms with Crippen LogP contribution in [0.15, 0.2) is 85.1 Å². The van der Waals surface area contributed by atoms with Crippen molar-refractivity contribution in [3.8, 4) is 11.1 Å². The summed E-state index contributed by atoms with van der Waals surface area (Å²) < 4.78 is 39.4. The number of halogens is 3. The first-order valence-electron chi connectivity index (χ1n) is 15.2. The third-order valence-corrected chi connectivity index (χ3v) is 8.99. The zero-order valence-corrected chi connectivity index (χ0v) is 24.4. The van der Waals surface area contributed by atoms with Crippen LogP contribution in [0.4, 0.5) is 13.2 Å². The van der Waals surface area contributed by atoms with E-state index in [4.69, 9.17) is 0 Å². The number of hydrogen-bond acceptors (Lipinski definition) is 4. The molecule has 228 valence electrons. The number of amides is 2. The number of fused-ring (bicyclic) bond motifs is 4. The molecular formula is C35H35F3N4O2. The summed E-state index contributed by atoms with van der Waals surface area (Å²) in [6.07, 6.45) is 0.691. The fraction of sp³-hybridized carbons (Fsp3) is 0.343. The predicted octanol–water partition coefficient (Wildman–Crippen LogP) is 6.24. The molecule has 0 radical (unpaired) electrons. The van der Waals surface area contributed by atoms with Crippen molar-refractivity contribution >= 4 is 22.6 Å². The lowest BCUT2D eigenvalue weighted by atomic mass is 9.73. The first-order valence-corrected chi connectivity index (χ1v) is 15.2. The second-order valence-corrected chi connectivity index (χ2v) is 11.7. The molecule has 6 nitrogen and oxygen atoms in total. The molecule has 6 rings (SSSR count). The van der Waals surface area contributed by atoms with Crippen molar-refractivity contribution in [1.82, 2.24) is 20.5 Å². The van der Waals surface area contributed by atoms with Crippen LogP contribution in [-0.2, 0) is 10.2 Å². The zero-order valence-electron chi connectivity index (χ0n) is 24.4. The molecule has 1 saturated heterocycles. The van der Waals surface area contributed by atoms with Crippen LogP contribution in [-0.4, -0.2) is 60.1 Å². The summed E-state index contributed by atoms with van der Waals surface area (Å²) in [7, 11) is 0. The number of nitrogens with zero attached hydrogens (tertiary/aromatic N) is 2. The van der Waals surface area contributed by atoms with E-state index in [2.05, 4.69) is 20.5 Å². The second-order valence-electron chi connectivity index (χ2n) is 11.7. The van der Waals surface area contributed by atoms with Crippen LogP contribution in [0, 0.1) is 0 Å². The lowest BCUT2D eigenvalue weighted by molar-refractivity contribution is -0.141. The van der Waals surface area contributed by atoms with E-state index in [-0.39, 0.29) is 11.9 Å². The van der Waals surface area contributed by atoms with Crippen LogP contribution in [0.2, 0.25) is 0 Å². The molecule has 2 N–H and O–H groups in total. The molecule has 0 atom stereocenters. The Morgan fingerprint density at radius 2 is 1.50 bits per heavy atom. The van der Waals surface area contributed by atoms with E-state index in [1.807, 2.05) is 78.9 Å². The van der Waals surface area contributed by atoms with E-state index < -0.39 is 24.0 Å². The van der Waals surface area contributed by atoms with E-state index in [9.17, 15) is 22.8 Å². The standard InChI is InChI=1S/C35H35F3N4O2/c36-35(37,38)23-40-33(44)34(29-13-5-3-11-27(29)28-12-4-6-14-30(28)34)18-7-8-20-42-21-16-25(17-22-42)41-32(43)31-26-10-2-1-9-24(26)15-19-39-31/h1-6,9-15,19,25H,7-8,16-18,20-23H2,(H,40,44)(H,41,43). The van der Waals surface area contributed by atoms with E-state index in [0.717, 1.165) is 71.9 Å². The average Bonchev–Trinajstić information content (AvgIpc) is 3.32. The van der Waals surface area contributed by atoms with Gasteiger partial charge < -0.3 is 15.5 Å². The van der Waals surface area contributed by atoms with Crippen molar-refractivity contribution in [3.63, 3.8) is 0 Å². The Balaban J connectivity index is 1.07. The molecule has 0 saturated carbocycles. The zero-order chi connectivity index (χ0) is 30.7. The highest BCUT2D eigenvalue weighted by Crippen LogP contribution is 2.51. The number of carbonyl (C=O) groups excluding carboxylic acids is 2. The molecule has 1 aliphatic carbocycles. The molecule has 1 aliphatic heterocycles. The van der Waals surface area contributed by atoms with E-state index in [1.54, 1.807) is 6.20 Å². The van der Waals surface area contributed by atoms with Gasteiger partial charge in [-0.25, -0.2) is 0 Å². The lowest BCUT2D eigenvalue weighted by Gasteiger charge is -2.33. The van der Waals surface area contributed by atoms with Gasteiger partial charge in [-0.1, -0.05) is 79.2 Å². The van der Waals surface area contributed by atoms with Gasteiger partial charge in [-0.05, 0) is 65.9 Å². The Labute approximate surface area is 254 Å². The van der Waals surface area contributed by atoms with Gasteiger partial charge in [0.05, 0.1) is 0 Å². The minimum atomic E-state index is -4.49. The monoisotopic (exact) mass is 600 g/mol. The van der Waals surface area contributed by atoms with Gasteiger partial charge in [0.2, 0.25) is 5.91 Å². The van der Waals surface area contributed by atoms with Crippen LogP contribution in [0.25, 0.3) is 21.9 Å². The smallest absolute Gasteiger partial charge is 0.348 e. The Morgan fingerprint density at radius 1 is 0.864 bits per heavy atom. The number of hydrogen-bond donors (Lipinski definition) is 2. The fourth-order valence-electron chi connectivity index (χ4n) is 6.87. The summed E-state index contributed by atoms with van der Waals surface area (Å²) in [5.41, 5.74) is 2.58. The van der Waals surface area contributed by atoms with Crippen LogP contribution in [0.1, 0.15) is 53.7 Å². The van der Waals surface area contributed by atoms with Crippen LogP contribution in [0.3, 0.4) is 0 Å². The maximum atomic E-state index is 13.7. The van der Waals surface area contributed by atoms with Crippen molar-refractivity contribution in [1.29, 1.82) is 0 Å². The number of aromatic nitrogens is 1. The molecule has 0 spiro atoms.